The maximum Gasteiger partial charge on any atom is 0.0314 e. The van der Waals surface area contributed by atoms with Gasteiger partial charge in [0.05, 0.1) is 0 Å². The number of rotatable bonds is 3. The zero-order valence-corrected chi connectivity index (χ0v) is 7.49. The summed E-state index contributed by atoms with van der Waals surface area (Å²) in [4.78, 5) is 0. The molecule has 0 aliphatic heterocycles. The van der Waals surface area contributed by atoms with Gasteiger partial charge in [-0.25, -0.2) is 0 Å². The molecule has 2 nitrogen and oxygen atoms in total. The van der Waals surface area contributed by atoms with Crippen LogP contribution in [0.1, 0.15) is 18.4 Å². The minimum atomic E-state index is 0.374. The molecular weight excluding hydrogens is 148 g/mol. The average Bonchev–Trinajstić information content (AvgIpc) is 2.15. The first-order valence-electron chi connectivity index (χ1n) is 4.09. The predicted octanol–water partition coefficient (Wildman–Crippen LogP) is 2.00. The molecule has 0 heterocycles. The maximum atomic E-state index is 3.97. The summed E-state index contributed by atoms with van der Waals surface area (Å²) in [7, 11) is 1.80. The van der Waals surface area contributed by atoms with Gasteiger partial charge in [-0.15, -0.1) is 0 Å². The highest BCUT2D eigenvalue weighted by Gasteiger charge is 1.99. The van der Waals surface area contributed by atoms with Gasteiger partial charge in [-0.2, -0.15) is 5.10 Å². The second-order valence-corrected chi connectivity index (χ2v) is 2.70. The van der Waals surface area contributed by atoms with E-state index in [9.17, 15) is 0 Å². The summed E-state index contributed by atoms with van der Waals surface area (Å²) < 4.78 is 0. The Morgan fingerprint density at radius 1 is 1.33 bits per heavy atom. The van der Waals surface area contributed by atoms with Gasteiger partial charge in [-0.05, 0) is 5.56 Å². The molecule has 2 heteroatoms. The fourth-order valence-corrected chi connectivity index (χ4v) is 1.03. The number of nitrogens with zero attached hydrogens (tertiary/aromatic N) is 1. The summed E-state index contributed by atoms with van der Waals surface area (Å²) in [6.07, 6.45) is 1.90. The van der Waals surface area contributed by atoms with Gasteiger partial charge >= 0.3 is 0 Å². The van der Waals surface area contributed by atoms with Crippen molar-refractivity contribution in [1.29, 1.82) is 0 Å². The van der Waals surface area contributed by atoms with Crippen molar-refractivity contribution in [2.45, 2.75) is 12.8 Å². The van der Waals surface area contributed by atoms with Crippen LogP contribution in [0.5, 0.6) is 0 Å². The minimum absolute atomic E-state index is 0.374. The molecule has 0 amide bonds. The third kappa shape index (κ3) is 2.38. The van der Waals surface area contributed by atoms with Crippen LogP contribution in [0.15, 0.2) is 35.4 Å². The quantitative estimate of drug-likeness (QED) is 0.533. The summed E-state index contributed by atoms with van der Waals surface area (Å²) >= 11 is 0. The van der Waals surface area contributed by atoms with Crippen LogP contribution in [0.2, 0.25) is 0 Å². The maximum absolute atomic E-state index is 3.97. The van der Waals surface area contributed by atoms with Crippen molar-refractivity contribution < 1.29 is 0 Å². The zero-order valence-electron chi connectivity index (χ0n) is 7.49. The molecule has 1 atom stereocenters. The highest BCUT2D eigenvalue weighted by Crippen LogP contribution is 2.11. The van der Waals surface area contributed by atoms with Gasteiger partial charge in [-0.3, -0.25) is 0 Å². The van der Waals surface area contributed by atoms with E-state index in [-0.39, 0.29) is 0 Å². The Labute approximate surface area is 73.3 Å². The van der Waals surface area contributed by atoms with Crippen LogP contribution in [-0.2, 0) is 0 Å². The number of hydrogen-bond acceptors (Lipinski definition) is 2. The molecule has 0 spiro atoms. The van der Waals surface area contributed by atoms with E-state index < -0.39 is 0 Å². The van der Waals surface area contributed by atoms with Gasteiger partial charge < -0.3 is 5.43 Å². The fraction of sp³-hybridized carbons (Fsp3) is 0.300. The van der Waals surface area contributed by atoms with Gasteiger partial charge in [0.25, 0.3) is 0 Å². The lowest BCUT2D eigenvalue weighted by Gasteiger charge is -2.04. The van der Waals surface area contributed by atoms with E-state index in [2.05, 4.69) is 29.6 Å². The summed E-state index contributed by atoms with van der Waals surface area (Å²) in [5.41, 5.74) is 4.03. The van der Waals surface area contributed by atoms with E-state index in [0.717, 1.165) is 0 Å². The SMILES string of the molecule is CNN=CC(C)c1ccccc1. The van der Waals surface area contributed by atoms with E-state index >= 15 is 0 Å². The summed E-state index contributed by atoms with van der Waals surface area (Å²) in [5.74, 6) is 0.374. The molecule has 0 radical (unpaired) electrons. The molecular formula is C10H14N2. The van der Waals surface area contributed by atoms with Crippen molar-refractivity contribution in [1.82, 2.24) is 5.43 Å². The van der Waals surface area contributed by atoms with Crippen LogP contribution < -0.4 is 5.43 Å². The van der Waals surface area contributed by atoms with E-state index in [1.54, 1.807) is 7.05 Å². The van der Waals surface area contributed by atoms with Crippen molar-refractivity contribution in [3.8, 4) is 0 Å². The van der Waals surface area contributed by atoms with Crippen LogP contribution in [-0.4, -0.2) is 13.3 Å². The van der Waals surface area contributed by atoms with E-state index in [0.29, 0.717) is 5.92 Å². The molecule has 1 aromatic rings. The standard InChI is InChI=1S/C10H14N2/c1-9(8-12-11-2)10-6-4-3-5-7-10/h3-9,11H,1-2H3. The van der Waals surface area contributed by atoms with Gasteiger partial charge in [-0.1, -0.05) is 37.3 Å². The Bertz CT molecular complexity index is 241. The first-order chi connectivity index (χ1) is 5.84. The van der Waals surface area contributed by atoms with Crippen LogP contribution >= 0.6 is 0 Å². The second-order valence-electron chi connectivity index (χ2n) is 2.70. The van der Waals surface area contributed by atoms with Gasteiger partial charge in [0.15, 0.2) is 0 Å². The van der Waals surface area contributed by atoms with Crippen molar-refractivity contribution in [3.63, 3.8) is 0 Å². The molecule has 0 bridgehead atoms. The molecule has 64 valence electrons. The molecule has 0 saturated heterocycles. The molecule has 12 heavy (non-hydrogen) atoms. The van der Waals surface area contributed by atoms with E-state index in [1.807, 2.05) is 24.4 Å². The summed E-state index contributed by atoms with van der Waals surface area (Å²) in [6, 6.07) is 10.3. The highest BCUT2D eigenvalue weighted by molar-refractivity contribution is 5.66. The normalized spacial score (nSPS) is 13.2. The average molecular weight is 162 g/mol. The third-order valence-electron chi connectivity index (χ3n) is 1.75. The Kier molecular flexibility index (Phi) is 3.33. The van der Waals surface area contributed by atoms with Crippen LogP contribution in [0.3, 0.4) is 0 Å². The Hall–Kier alpha value is -1.31. The molecule has 1 N–H and O–H groups in total. The van der Waals surface area contributed by atoms with Crippen molar-refractivity contribution in [2.75, 3.05) is 7.05 Å². The first-order valence-corrected chi connectivity index (χ1v) is 4.09. The molecule has 1 aromatic carbocycles. The number of hydrogen-bond donors (Lipinski definition) is 1. The molecule has 0 aromatic heterocycles. The molecule has 0 aliphatic carbocycles. The predicted molar refractivity (Wildman–Crippen MR) is 52.4 cm³/mol. The summed E-state index contributed by atoms with van der Waals surface area (Å²) in [6.45, 7) is 2.12. The molecule has 1 rings (SSSR count). The lowest BCUT2D eigenvalue weighted by molar-refractivity contribution is 0.887. The van der Waals surface area contributed by atoms with E-state index in [4.69, 9.17) is 0 Å². The zero-order chi connectivity index (χ0) is 8.81. The number of benzene rings is 1. The largest absolute Gasteiger partial charge is 0.313 e. The van der Waals surface area contributed by atoms with Gasteiger partial charge in [0.2, 0.25) is 0 Å². The van der Waals surface area contributed by atoms with E-state index in [1.165, 1.54) is 5.56 Å². The molecule has 0 fully saturated rings. The van der Waals surface area contributed by atoms with Crippen LogP contribution in [0.4, 0.5) is 0 Å². The molecule has 0 aliphatic rings. The molecule has 0 saturated carbocycles. The lowest BCUT2D eigenvalue weighted by Crippen LogP contribution is -1.99. The monoisotopic (exact) mass is 162 g/mol. The number of nitrogens with one attached hydrogen (secondary N) is 1. The minimum Gasteiger partial charge on any atom is -0.313 e. The molecule has 1 unspecified atom stereocenters. The van der Waals surface area contributed by atoms with Gasteiger partial charge in [0.1, 0.15) is 0 Å². The Morgan fingerprint density at radius 3 is 2.58 bits per heavy atom. The van der Waals surface area contributed by atoms with Crippen LogP contribution in [0.25, 0.3) is 0 Å². The first kappa shape index (κ1) is 8.78. The Balaban J connectivity index is 2.65. The van der Waals surface area contributed by atoms with Gasteiger partial charge in [0, 0.05) is 19.2 Å². The van der Waals surface area contributed by atoms with Crippen molar-refractivity contribution in [2.24, 2.45) is 5.10 Å². The fourth-order valence-electron chi connectivity index (χ4n) is 1.03. The van der Waals surface area contributed by atoms with Crippen molar-refractivity contribution in [3.05, 3.63) is 35.9 Å². The lowest BCUT2D eigenvalue weighted by atomic mass is 10.0. The Morgan fingerprint density at radius 2 is 2.00 bits per heavy atom. The topological polar surface area (TPSA) is 24.4 Å². The second kappa shape index (κ2) is 4.54. The smallest absolute Gasteiger partial charge is 0.0314 e. The third-order valence-corrected chi connectivity index (χ3v) is 1.75. The van der Waals surface area contributed by atoms with Crippen LogP contribution in [0, 0.1) is 0 Å². The number of hydrazone groups is 1. The summed E-state index contributed by atoms with van der Waals surface area (Å²) in [5, 5.41) is 3.97. The highest BCUT2D eigenvalue weighted by atomic mass is 15.3. The van der Waals surface area contributed by atoms with Crippen molar-refractivity contribution >= 4 is 6.21 Å².